The van der Waals surface area contributed by atoms with Crippen LogP contribution in [0.5, 0.6) is 5.75 Å². The molecule has 1 N–H and O–H groups in total. The van der Waals surface area contributed by atoms with Crippen molar-refractivity contribution in [2.24, 2.45) is 5.92 Å². The number of hydrogen-bond donors (Lipinski definition) is 1. The fourth-order valence-electron chi connectivity index (χ4n) is 4.97. The van der Waals surface area contributed by atoms with Gasteiger partial charge in [0, 0.05) is 51.2 Å². The van der Waals surface area contributed by atoms with Crippen LogP contribution < -0.4 is 4.90 Å². The van der Waals surface area contributed by atoms with Crippen LogP contribution in [0.3, 0.4) is 0 Å². The highest BCUT2D eigenvalue weighted by atomic mass is 16.5. The summed E-state index contributed by atoms with van der Waals surface area (Å²) in [5.74, 6) is 2.23. The number of aromatic nitrogens is 2. The fourth-order valence-corrected chi connectivity index (χ4v) is 4.97. The average molecular weight is 461 g/mol. The van der Waals surface area contributed by atoms with E-state index in [-0.39, 0.29) is 11.7 Å². The van der Waals surface area contributed by atoms with E-state index in [1.54, 1.807) is 12.1 Å². The lowest BCUT2D eigenvalue weighted by molar-refractivity contribution is -0.132. The molecule has 0 aliphatic carbocycles. The first-order valence-electron chi connectivity index (χ1n) is 12.3. The molecule has 1 amide bonds. The Hall–Kier alpha value is -3.19. The molecule has 3 aromatic rings. The van der Waals surface area contributed by atoms with Gasteiger partial charge in [0.15, 0.2) is 5.82 Å². The van der Waals surface area contributed by atoms with Crippen molar-refractivity contribution in [2.45, 2.75) is 32.6 Å². The molecule has 7 heteroatoms. The molecule has 3 heterocycles. The molecule has 5 rings (SSSR count). The first-order chi connectivity index (χ1) is 16.6. The van der Waals surface area contributed by atoms with E-state index in [1.165, 1.54) is 0 Å². The van der Waals surface area contributed by atoms with Gasteiger partial charge in [-0.2, -0.15) is 0 Å². The molecular weight excluding hydrogens is 428 g/mol. The molecule has 0 saturated carbocycles. The first-order valence-corrected chi connectivity index (χ1v) is 12.3. The Balaban J connectivity index is 1.36. The number of para-hydroxylation sites is 1. The lowest BCUT2D eigenvalue weighted by Gasteiger charge is -2.36. The Labute approximate surface area is 200 Å². The number of phenolic OH excluding ortho intramolecular Hbond substituents is 1. The van der Waals surface area contributed by atoms with Crippen LogP contribution in [0.25, 0.3) is 22.3 Å². The highest BCUT2D eigenvalue weighted by Gasteiger charge is 2.26. The Morgan fingerprint density at radius 3 is 2.71 bits per heavy atom. The SMILES string of the molecule is Cc1ccc2c(N3CCN(C(=O)CC4CCCOCC4)CC3)nc(-c3ccccc3O)nc2c1. The van der Waals surface area contributed by atoms with E-state index >= 15 is 0 Å². The van der Waals surface area contributed by atoms with Crippen molar-refractivity contribution < 1.29 is 14.6 Å². The monoisotopic (exact) mass is 460 g/mol. The minimum absolute atomic E-state index is 0.166. The van der Waals surface area contributed by atoms with Gasteiger partial charge in [-0.05, 0) is 61.9 Å². The van der Waals surface area contributed by atoms with Crippen molar-refractivity contribution in [3.8, 4) is 17.1 Å². The van der Waals surface area contributed by atoms with Crippen molar-refractivity contribution >= 4 is 22.6 Å². The lowest BCUT2D eigenvalue weighted by atomic mass is 9.96. The van der Waals surface area contributed by atoms with Gasteiger partial charge < -0.3 is 19.6 Å². The number of phenols is 1. The number of anilines is 1. The van der Waals surface area contributed by atoms with Crippen LogP contribution in [0.2, 0.25) is 0 Å². The maximum Gasteiger partial charge on any atom is 0.222 e. The quantitative estimate of drug-likeness (QED) is 0.630. The highest BCUT2D eigenvalue weighted by Crippen LogP contribution is 2.32. The average Bonchev–Trinajstić information content (AvgIpc) is 3.12. The number of fused-ring (bicyclic) bond motifs is 1. The van der Waals surface area contributed by atoms with E-state index in [0.29, 0.717) is 36.8 Å². The van der Waals surface area contributed by atoms with Gasteiger partial charge in [0.2, 0.25) is 5.91 Å². The van der Waals surface area contributed by atoms with E-state index in [1.807, 2.05) is 24.0 Å². The van der Waals surface area contributed by atoms with Gasteiger partial charge in [-0.25, -0.2) is 9.97 Å². The van der Waals surface area contributed by atoms with Crippen LogP contribution in [-0.2, 0) is 9.53 Å². The van der Waals surface area contributed by atoms with Crippen LogP contribution in [0.4, 0.5) is 5.82 Å². The smallest absolute Gasteiger partial charge is 0.222 e. The molecular formula is C27H32N4O3. The van der Waals surface area contributed by atoms with E-state index in [0.717, 1.165) is 67.8 Å². The second-order valence-corrected chi connectivity index (χ2v) is 9.39. The molecule has 2 saturated heterocycles. The Morgan fingerprint density at radius 1 is 1.06 bits per heavy atom. The van der Waals surface area contributed by atoms with E-state index < -0.39 is 0 Å². The van der Waals surface area contributed by atoms with Crippen molar-refractivity contribution in [2.75, 3.05) is 44.3 Å². The number of ether oxygens (including phenoxy) is 1. The van der Waals surface area contributed by atoms with Crippen LogP contribution in [-0.4, -0.2) is 65.3 Å². The molecule has 34 heavy (non-hydrogen) atoms. The zero-order valence-corrected chi connectivity index (χ0v) is 19.7. The number of carbonyl (C=O) groups is 1. The summed E-state index contributed by atoms with van der Waals surface area (Å²) in [6.07, 6.45) is 3.72. The molecule has 0 radical (unpaired) electrons. The summed E-state index contributed by atoms with van der Waals surface area (Å²) in [5, 5.41) is 11.4. The van der Waals surface area contributed by atoms with Gasteiger partial charge >= 0.3 is 0 Å². The zero-order valence-electron chi connectivity index (χ0n) is 19.7. The topological polar surface area (TPSA) is 78.8 Å². The highest BCUT2D eigenvalue weighted by molar-refractivity contribution is 5.92. The number of piperazine rings is 1. The van der Waals surface area contributed by atoms with Crippen molar-refractivity contribution in [3.63, 3.8) is 0 Å². The van der Waals surface area contributed by atoms with Gasteiger partial charge in [0.25, 0.3) is 0 Å². The number of amides is 1. The molecule has 2 aliphatic rings. The Bertz CT molecular complexity index is 1170. The second kappa shape index (κ2) is 9.97. The number of aromatic hydroxyl groups is 1. The van der Waals surface area contributed by atoms with Crippen LogP contribution in [0, 0.1) is 12.8 Å². The number of nitrogens with zero attached hydrogens (tertiary/aromatic N) is 4. The summed E-state index contributed by atoms with van der Waals surface area (Å²) < 4.78 is 5.55. The van der Waals surface area contributed by atoms with Crippen LogP contribution in [0.1, 0.15) is 31.2 Å². The first kappa shape index (κ1) is 22.6. The standard InChI is InChI=1S/C27H32N4O3/c1-19-8-9-21-23(17-19)28-26(22-6-2-3-7-24(22)32)29-27(21)31-13-11-30(12-14-31)25(33)18-20-5-4-15-34-16-10-20/h2-3,6-9,17,20,32H,4-5,10-16,18H2,1H3. The summed E-state index contributed by atoms with van der Waals surface area (Å²) in [7, 11) is 0. The molecule has 0 spiro atoms. The van der Waals surface area contributed by atoms with Gasteiger partial charge in [-0.1, -0.05) is 18.2 Å². The Morgan fingerprint density at radius 2 is 1.88 bits per heavy atom. The minimum Gasteiger partial charge on any atom is -0.507 e. The molecule has 2 aliphatic heterocycles. The van der Waals surface area contributed by atoms with Gasteiger partial charge in [0.05, 0.1) is 11.1 Å². The molecule has 1 unspecified atom stereocenters. The van der Waals surface area contributed by atoms with Crippen molar-refractivity contribution in [1.82, 2.24) is 14.9 Å². The van der Waals surface area contributed by atoms with Crippen LogP contribution in [0.15, 0.2) is 42.5 Å². The Kier molecular flexibility index (Phi) is 6.63. The largest absolute Gasteiger partial charge is 0.507 e. The fraction of sp³-hybridized carbons (Fsp3) is 0.444. The molecule has 2 aromatic carbocycles. The van der Waals surface area contributed by atoms with E-state index in [4.69, 9.17) is 14.7 Å². The zero-order chi connectivity index (χ0) is 23.5. The second-order valence-electron chi connectivity index (χ2n) is 9.39. The number of hydrogen-bond acceptors (Lipinski definition) is 6. The summed E-state index contributed by atoms with van der Waals surface area (Å²) in [6, 6.07) is 13.4. The number of benzene rings is 2. The molecule has 178 valence electrons. The third-order valence-corrected chi connectivity index (χ3v) is 6.94. The van der Waals surface area contributed by atoms with Gasteiger partial charge in [-0.3, -0.25) is 4.79 Å². The lowest BCUT2D eigenvalue weighted by Crippen LogP contribution is -2.49. The third kappa shape index (κ3) is 4.85. The summed E-state index contributed by atoms with van der Waals surface area (Å²) in [4.78, 5) is 26.9. The maximum atomic E-state index is 13.0. The molecule has 1 atom stereocenters. The molecule has 1 aromatic heterocycles. The van der Waals surface area contributed by atoms with E-state index in [9.17, 15) is 9.90 Å². The van der Waals surface area contributed by atoms with Crippen LogP contribution >= 0.6 is 0 Å². The normalized spacial score (nSPS) is 19.3. The molecule has 0 bridgehead atoms. The summed E-state index contributed by atoms with van der Waals surface area (Å²) in [5.41, 5.74) is 2.60. The predicted octanol–water partition coefficient (Wildman–Crippen LogP) is 4.17. The van der Waals surface area contributed by atoms with Crippen molar-refractivity contribution in [3.05, 3.63) is 48.0 Å². The summed E-state index contributed by atoms with van der Waals surface area (Å²) >= 11 is 0. The van der Waals surface area contributed by atoms with E-state index in [2.05, 4.69) is 23.1 Å². The number of aryl methyl sites for hydroxylation is 1. The third-order valence-electron chi connectivity index (χ3n) is 6.94. The van der Waals surface area contributed by atoms with Crippen molar-refractivity contribution in [1.29, 1.82) is 0 Å². The summed E-state index contributed by atoms with van der Waals surface area (Å²) in [6.45, 7) is 6.45. The number of rotatable bonds is 4. The molecule has 7 nitrogen and oxygen atoms in total. The van der Waals surface area contributed by atoms with Gasteiger partial charge in [0.1, 0.15) is 11.6 Å². The maximum absolute atomic E-state index is 13.0. The predicted molar refractivity (Wildman–Crippen MR) is 133 cm³/mol. The molecule has 2 fully saturated rings. The minimum atomic E-state index is 0.166. The van der Waals surface area contributed by atoms with Gasteiger partial charge in [-0.15, -0.1) is 0 Å². The number of carbonyl (C=O) groups excluding carboxylic acids is 1.